The molecule has 0 aliphatic heterocycles. The van der Waals surface area contributed by atoms with Gasteiger partial charge in [-0.2, -0.15) is 10.4 Å². The number of rotatable bonds is 6. The molecule has 2 rings (SSSR count). The van der Waals surface area contributed by atoms with Crippen LogP contribution in [0.1, 0.15) is 12.0 Å². The molecule has 9 heteroatoms. The van der Waals surface area contributed by atoms with Crippen LogP contribution in [0.3, 0.4) is 0 Å². The van der Waals surface area contributed by atoms with E-state index < -0.39 is 29.1 Å². The average molecular weight is 345 g/mol. The predicted molar refractivity (Wildman–Crippen MR) is 80.0 cm³/mol. The maximum atomic E-state index is 13.5. The zero-order valence-electron chi connectivity index (χ0n) is 12.7. The van der Waals surface area contributed by atoms with E-state index in [1.165, 1.54) is 23.0 Å². The summed E-state index contributed by atoms with van der Waals surface area (Å²) in [6.07, 6.45) is 2.33. The first-order valence-electron chi connectivity index (χ1n) is 6.96. The standard InChI is InChI=1S/C16H12F2N4O3/c17-12-2-1-9(6-13(12)18)15-11(5-10(7-19)16(24)25)8-22(21-15)4-3-14(20)23/h1-2,5-6,8H,3-4H2,(H2,20,23)(H,24,25)/p-1/b10-5-. The molecule has 0 bridgehead atoms. The van der Waals surface area contributed by atoms with Gasteiger partial charge in [-0.15, -0.1) is 0 Å². The van der Waals surface area contributed by atoms with E-state index in [9.17, 15) is 23.5 Å². The Balaban J connectivity index is 2.55. The number of hydrogen-bond acceptors (Lipinski definition) is 5. The summed E-state index contributed by atoms with van der Waals surface area (Å²) in [5.74, 6) is -4.43. The number of nitrogens with zero attached hydrogens (tertiary/aromatic N) is 3. The zero-order valence-corrected chi connectivity index (χ0v) is 12.7. The molecular formula is C16H11F2N4O3-. The van der Waals surface area contributed by atoms with E-state index in [1.54, 1.807) is 0 Å². The number of hydrogen-bond donors (Lipinski definition) is 1. The van der Waals surface area contributed by atoms with Crippen LogP contribution in [0.4, 0.5) is 8.78 Å². The van der Waals surface area contributed by atoms with Gasteiger partial charge in [0.25, 0.3) is 0 Å². The maximum Gasteiger partial charge on any atom is 0.219 e. The summed E-state index contributed by atoms with van der Waals surface area (Å²) in [5, 5.41) is 23.9. The molecule has 1 heterocycles. The normalized spacial score (nSPS) is 11.2. The lowest BCUT2D eigenvalue weighted by atomic mass is 10.1. The molecule has 0 atom stereocenters. The Labute approximate surface area is 140 Å². The Bertz CT molecular complexity index is 913. The van der Waals surface area contributed by atoms with E-state index in [0.717, 1.165) is 18.2 Å². The summed E-state index contributed by atoms with van der Waals surface area (Å²) in [6.45, 7) is 0.0903. The number of primary amides is 1. The second-order valence-electron chi connectivity index (χ2n) is 5.00. The molecule has 25 heavy (non-hydrogen) atoms. The fourth-order valence-corrected chi connectivity index (χ4v) is 2.04. The maximum absolute atomic E-state index is 13.5. The number of aliphatic carboxylic acids is 1. The molecule has 0 radical (unpaired) electrons. The Morgan fingerprint density at radius 1 is 1.36 bits per heavy atom. The van der Waals surface area contributed by atoms with Crippen molar-refractivity contribution in [2.75, 3.05) is 0 Å². The summed E-state index contributed by atoms with van der Waals surface area (Å²) < 4.78 is 27.9. The van der Waals surface area contributed by atoms with Gasteiger partial charge in [0, 0.05) is 30.3 Å². The first-order chi connectivity index (χ1) is 11.8. The average Bonchev–Trinajstić information content (AvgIpc) is 2.96. The van der Waals surface area contributed by atoms with E-state index in [2.05, 4.69) is 5.10 Å². The topological polar surface area (TPSA) is 125 Å². The van der Waals surface area contributed by atoms with Crippen molar-refractivity contribution in [3.63, 3.8) is 0 Å². The van der Waals surface area contributed by atoms with Crippen LogP contribution in [-0.2, 0) is 16.1 Å². The lowest BCUT2D eigenvalue weighted by Gasteiger charge is -2.02. The number of carbonyl (C=O) groups excluding carboxylic acids is 2. The van der Waals surface area contributed by atoms with Gasteiger partial charge in [-0.1, -0.05) is 0 Å². The van der Waals surface area contributed by atoms with Gasteiger partial charge >= 0.3 is 0 Å². The number of carbonyl (C=O) groups is 2. The zero-order chi connectivity index (χ0) is 18.6. The van der Waals surface area contributed by atoms with Crippen molar-refractivity contribution in [1.29, 1.82) is 5.26 Å². The molecule has 1 aromatic heterocycles. The molecule has 0 saturated heterocycles. The van der Waals surface area contributed by atoms with E-state index in [-0.39, 0.29) is 29.8 Å². The summed E-state index contributed by atoms with van der Waals surface area (Å²) in [5.41, 5.74) is 4.83. The highest BCUT2D eigenvalue weighted by atomic mass is 19.2. The van der Waals surface area contributed by atoms with E-state index in [0.29, 0.717) is 0 Å². The van der Waals surface area contributed by atoms with Crippen LogP contribution < -0.4 is 10.8 Å². The van der Waals surface area contributed by atoms with Gasteiger partial charge in [0.15, 0.2) is 11.6 Å². The third-order valence-corrected chi connectivity index (χ3v) is 3.21. The molecular weight excluding hydrogens is 334 g/mol. The van der Waals surface area contributed by atoms with E-state index in [4.69, 9.17) is 11.0 Å². The summed E-state index contributed by atoms with van der Waals surface area (Å²) in [7, 11) is 0. The minimum Gasteiger partial charge on any atom is -0.544 e. The molecule has 1 aromatic carbocycles. The SMILES string of the molecule is N#C/C(=C/c1cn(CCC(N)=O)nc1-c1ccc(F)c(F)c1)C(=O)[O-]. The Morgan fingerprint density at radius 2 is 2.08 bits per heavy atom. The molecule has 0 unspecified atom stereocenters. The highest BCUT2D eigenvalue weighted by molar-refractivity contribution is 5.96. The molecule has 0 aliphatic carbocycles. The monoisotopic (exact) mass is 345 g/mol. The van der Waals surface area contributed by atoms with Crippen LogP contribution in [0.5, 0.6) is 0 Å². The minimum atomic E-state index is -1.69. The summed E-state index contributed by atoms with van der Waals surface area (Å²) in [4.78, 5) is 21.8. The smallest absolute Gasteiger partial charge is 0.219 e. The van der Waals surface area contributed by atoms with Gasteiger partial charge in [0.1, 0.15) is 6.07 Å². The van der Waals surface area contributed by atoms with Crippen LogP contribution in [0, 0.1) is 23.0 Å². The molecule has 0 saturated carbocycles. The van der Waals surface area contributed by atoms with Crippen LogP contribution in [0.2, 0.25) is 0 Å². The Morgan fingerprint density at radius 3 is 2.64 bits per heavy atom. The number of halogens is 2. The Hall–Kier alpha value is -3.54. The fraction of sp³-hybridized carbons (Fsp3) is 0.125. The minimum absolute atomic E-state index is 0.0341. The molecule has 0 aliphatic rings. The van der Waals surface area contributed by atoms with Crippen molar-refractivity contribution in [1.82, 2.24) is 9.78 Å². The number of carboxylic acid groups (broad SMARTS) is 1. The van der Waals surface area contributed by atoms with Crippen LogP contribution in [-0.4, -0.2) is 21.7 Å². The van der Waals surface area contributed by atoms with E-state index in [1.807, 2.05) is 0 Å². The van der Waals surface area contributed by atoms with Crippen molar-refractivity contribution in [2.45, 2.75) is 13.0 Å². The molecule has 7 nitrogen and oxygen atoms in total. The number of benzene rings is 1. The molecule has 2 N–H and O–H groups in total. The largest absolute Gasteiger partial charge is 0.544 e. The van der Waals surface area contributed by atoms with Gasteiger partial charge < -0.3 is 15.6 Å². The number of carboxylic acids is 1. The number of nitriles is 1. The number of amides is 1. The number of nitrogens with two attached hydrogens (primary N) is 1. The van der Waals surface area contributed by atoms with Crippen molar-refractivity contribution in [3.05, 3.63) is 47.2 Å². The van der Waals surface area contributed by atoms with Gasteiger partial charge in [-0.05, 0) is 24.3 Å². The van der Waals surface area contributed by atoms with Crippen molar-refractivity contribution in [2.24, 2.45) is 5.73 Å². The van der Waals surface area contributed by atoms with Gasteiger partial charge in [0.2, 0.25) is 5.91 Å². The lowest BCUT2D eigenvalue weighted by Crippen LogP contribution is -2.23. The molecule has 1 amide bonds. The second-order valence-corrected chi connectivity index (χ2v) is 5.00. The van der Waals surface area contributed by atoms with E-state index >= 15 is 0 Å². The first kappa shape index (κ1) is 17.8. The van der Waals surface area contributed by atoms with Gasteiger partial charge in [-0.25, -0.2) is 8.78 Å². The third kappa shape index (κ3) is 4.26. The first-order valence-corrected chi connectivity index (χ1v) is 6.96. The van der Waals surface area contributed by atoms with Crippen molar-refractivity contribution in [3.8, 4) is 17.3 Å². The summed E-state index contributed by atoms with van der Waals surface area (Å²) in [6, 6.07) is 4.49. The number of aryl methyl sites for hydroxylation is 1. The molecule has 128 valence electrons. The van der Waals surface area contributed by atoms with Gasteiger partial charge in [0.05, 0.1) is 17.2 Å². The quantitative estimate of drug-likeness (QED) is 0.598. The fourth-order valence-electron chi connectivity index (χ4n) is 2.04. The second kappa shape index (κ2) is 7.35. The van der Waals surface area contributed by atoms with Gasteiger partial charge in [-0.3, -0.25) is 9.48 Å². The summed E-state index contributed by atoms with van der Waals surface area (Å²) >= 11 is 0. The Kier molecular flexibility index (Phi) is 5.24. The molecule has 0 fully saturated rings. The van der Waals surface area contributed by atoms with Crippen molar-refractivity contribution >= 4 is 18.0 Å². The van der Waals surface area contributed by atoms with Crippen LogP contribution >= 0.6 is 0 Å². The predicted octanol–water partition coefficient (Wildman–Crippen LogP) is 0.361. The molecule has 2 aromatic rings. The molecule has 0 spiro atoms. The van der Waals surface area contributed by atoms with Crippen LogP contribution in [0.25, 0.3) is 17.3 Å². The third-order valence-electron chi connectivity index (χ3n) is 3.21. The lowest BCUT2D eigenvalue weighted by molar-refractivity contribution is -0.298. The number of aromatic nitrogens is 2. The van der Waals surface area contributed by atoms with Crippen LogP contribution in [0.15, 0.2) is 30.0 Å². The highest BCUT2D eigenvalue weighted by Gasteiger charge is 2.14. The van der Waals surface area contributed by atoms with Crippen molar-refractivity contribution < 1.29 is 23.5 Å². The highest BCUT2D eigenvalue weighted by Crippen LogP contribution is 2.26.